The van der Waals surface area contributed by atoms with Gasteiger partial charge in [-0.3, -0.25) is 0 Å². The van der Waals surface area contributed by atoms with Crippen LogP contribution in [-0.4, -0.2) is 20.7 Å². The number of anilines is 1. The van der Waals surface area contributed by atoms with E-state index in [9.17, 15) is 17.2 Å². The van der Waals surface area contributed by atoms with Crippen molar-refractivity contribution in [2.45, 2.75) is 43.3 Å². The van der Waals surface area contributed by atoms with Crippen molar-refractivity contribution in [3.63, 3.8) is 0 Å². The molecule has 0 amide bonds. The third-order valence-electron chi connectivity index (χ3n) is 3.95. The molecule has 20 heavy (non-hydrogen) atoms. The molecule has 0 radical (unpaired) electrons. The van der Waals surface area contributed by atoms with Crippen molar-refractivity contribution >= 4 is 15.5 Å². The zero-order valence-corrected chi connectivity index (χ0v) is 12.2. The Labute approximate surface area is 118 Å². The van der Waals surface area contributed by atoms with Crippen LogP contribution < -0.4 is 5.32 Å². The minimum atomic E-state index is -4.50. The molecule has 0 spiro atoms. The molecule has 0 aliphatic heterocycles. The average Bonchev–Trinajstić information content (AvgIpc) is 2.84. The van der Waals surface area contributed by atoms with Crippen LogP contribution in [0.1, 0.15) is 32.6 Å². The molecule has 1 aliphatic carbocycles. The molecule has 1 saturated carbocycles. The molecule has 3 nitrogen and oxygen atoms in total. The monoisotopic (exact) mass is 303 g/mol. The lowest BCUT2D eigenvalue weighted by atomic mass is 9.89. The summed E-state index contributed by atoms with van der Waals surface area (Å²) in [5.41, 5.74) is 1.03. The first-order valence-electron chi connectivity index (χ1n) is 6.70. The lowest BCUT2D eigenvalue weighted by Crippen LogP contribution is -2.22. The van der Waals surface area contributed by atoms with Crippen molar-refractivity contribution < 1.29 is 17.2 Å². The number of halogens is 2. The molecule has 1 aromatic rings. The van der Waals surface area contributed by atoms with Crippen LogP contribution in [0.2, 0.25) is 0 Å². The Balaban J connectivity index is 2.02. The quantitative estimate of drug-likeness (QED) is 0.902. The molecule has 1 N–H and O–H groups in total. The minimum Gasteiger partial charge on any atom is -0.384 e. The SMILES string of the molecule is CC1(CNc2ccc(S(=O)(=O)C(F)F)cc2)CCCC1. The number of rotatable bonds is 5. The number of benzene rings is 1. The van der Waals surface area contributed by atoms with Crippen LogP contribution in [0, 0.1) is 5.41 Å². The molecule has 1 aromatic carbocycles. The van der Waals surface area contributed by atoms with Crippen molar-refractivity contribution in [3.05, 3.63) is 24.3 Å². The topological polar surface area (TPSA) is 46.2 Å². The predicted molar refractivity (Wildman–Crippen MR) is 74.7 cm³/mol. The summed E-state index contributed by atoms with van der Waals surface area (Å²) in [5.74, 6) is -3.38. The fourth-order valence-corrected chi connectivity index (χ4v) is 3.31. The predicted octanol–water partition coefficient (Wildman–Crippen LogP) is 3.68. The molecule has 112 valence electrons. The molecule has 1 aliphatic rings. The van der Waals surface area contributed by atoms with Crippen LogP contribution in [0.25, 0.3) is 0 Å². The first kappa shape index (κ1) is 15.2. The first-order valence-corrected chi connectivity index (χ1v) is 8.24. The summed E-state index contributed by atoms with van der Waals surface area (Å²) in [7, 11) is -4.50. The van der Waals surface area contributed by atoms with E-state index < -0.39 is 15.6 Å². The molecule has 0 heterocycles. The fourth-order valence-electron chi connectivity index (χ4n) is 2.59. The van der Waals surface area contributed by atoms with Gasteiger partial charge in [0.25, 0.3) is 0 Å². The van der Waals surface area contributed by atoms with Crippen molar-refractivity contribution in [1.29, 1.82) is 0 Å². The van der Waals surface area contributed by atoms with Gasteiger partial charge in [0.1, 0.15) is 0 Å². The van der Waals surface area contributed by atoms with Crippen LogP contribution in [0.5, 0.6) is 0 Å². The third kappa shape index (κ3) is 3.29. The van der Waals surface area contributed by atoms with Crippen LogP contribution in [0.4, 0.5) is 14.5 Å². The summed E-state index contributed by atoms with van der Waals surface area (Å²) in [6, 6.07) is 5.52. The second-order valence-electron chi connectivity index (χ2n) is 5.70. The van der Waals surface area contributed by atoms with Crippen LogP contribution in [0.15, 0.2) is 29.2 Å². The van der Waals surface area contributed by atoms with E-state index in [0.717, 1.165) is 12.2 Å². The molecule has 6 heteroatoms. The van der Waals surface area contributed by atoms with Gasteiger partial charge in [-0.15, -0.1) is 0 Å². The Kier molecular flexibility index (Phi) is 4.32. The Morgan fingerprint density at radius 1 is 1.20 bits per heavy atom. The van der Waals surface area contributed by atoms with Crippen LogP contribution >= 0.6 is 0 Å². The van der Waals surface area contributed by atoms with E-state index in [1.807, 2.05) is 0 Å². The highest BCUT2D eigenvalue weighted by Crippen LogP contribution is 2.37. The van der Waals surface area contributed by atoms with Gasteiger partial charge < -0.3 is 5.32 Å². The van der Waals surface area contributed by atoms with Gasteiger partial charge in [-0.2, -0.15) is 8.78 Å². The first-order chi connectivity index (χ1) is 9.33. The molecule has 0 unspecified atom stereocenters. The van der Waals surface area contributed by atoms with Gasteiger partial charge in [-0.1, -0.05) is 19.8 Å². The molecule has 0 saturated heterocycles. The van der Waals surface area contributed by atoms with Crippen LogP contribution in [-0.2, 0) is 9.84 Å². The van der Waals surface area contributed by atoms with Gasteiger partial charge in [0.05, 0.1) is 4.90 Å². The van der Waals surface area contributed by atoms with E-state index in [0.29, 0.717) is 0 Å². The van der Waals surface area contributed by atoms with Gasteiger partial charge >= 0.3 is 5.76 Å². The lowest BCUT2D eigenvalue weighted by molar-refractivity contribution is 0.234. The van der Waals surface area contributed by atoms with Crippen molar-refractivity contribution in [1.82, 2.24) is 0 Å². The normalized spacial score (nSPS) is 18.4. The second-order valence-corrected chi connectivity index (χ2v) is 7.62. The standard InChI is InChI=1S/C14H19F2NO2S/c1-14(8-2-3-9-14)10-17-11-4-6-12(7-5-11)20(18,19)13(15)16/h4-7,13,17H,2-3,8-10H2,1H3. The molecule has 2 rings (SSSR count). The number of hydrogen-bond donors (Lipinski definition) is 1. The molecule has 1 fully saturated rings. The van der Waals surface area contributed by atoms with E-state index >= 15 is 0 Å². The van der Waals surface area contributed by atoms with Crippen LogP contribution in [0.3, 0.4) is 0 Å². The zero-order valence-electron chi connectivity index (χ0n) is 11.4. The van der Waals surface area contributed by atoms with E-state index in [2.05, 4.69) is 12.2 Å². The summed E-state index contributed by atoms with van der Waals surface area (Å²) in [6.07, 6.45) is 4.84. The lowest BCUT2D eigenvalue weighted by Gasteiger charge is -2.24. The molecule has 0 bridgehead atoms. The maximum absolute atomic E-state index is 12.4. The molecular weight excluding hydrogens is 284 g/mol. The molecule has 0 aromatic heterocycles. The summed E-state index contributed by atoms with van der Waals surface area (Å²) in [4.78, 5) is -0.342. The Morgan fingerprint density at radius 2 is 1.75 bits per heavy atom. The highest BCUT2D eigenvalue weighted by atomic mass is 32.2. The van der Waals surface area contributed by atoms with Gasteiger partial charge in [0.2, 0.25) is 9.84 Å². The average molecular weight is 303 g/mol. The number of hydrogen-bond acceptors (Lipinski definition) is 3. The number of alkyl halides is 2. The third-order valence-corrected chi connectivity index (χ3v) is 5.35. The van der Waals surface area contributed by atoms with Crippen molar-refractivity contribution in [3.8, 4) is 0 Å². The molecule has 0 atom stereocenters. The van der Waals surface area contributed by atoms with Gasteiger partial charge in [-0.05, 0) is 42.5 Å². The highest BCUT2D eigenvalue weighted by molar-refractivity contribution is 7.91. The smallest absolute Gasteiger partial charge is 0.341 e. The largest absolute Gasteiger partial charge is 0.384 e. The van der Waals surface area contributed by atoms with Gasteiger partial charge in [-0.25, -0.2) is 8.42 Å². The maximum atomic E-state index is 12.4. The summed E-state index contributed by atoms with van der Waals surface area (Å²) < 4.78 is 47.4. The Morgan fingerprint density at radius 3 is 2.25 bits per heavy atom. The number of nitrogens with one attached hydrogen (secondary N) is 1. The Bertz CT molecular complexity index is 549. The van der Waals surface area contributed by atoms with E-state index in [1.54, 1.807) is 0 Å². The second kappa shape index (κ2) is 5.68. The van der Waals surface area contributed by atoms with Crippen molar-refractivity contribution in [2.24, 2.45) is 5.41 Å². The summed E-state index contributed by atoms with van der Waals surface area (Å²) in [5, 5.41) is 3.25. The van der Waals surface area contributed by atoms with E-state index in [4.69, 9.17) is 0 Å². The van der Waals surface area contributed by atoms with Gasteiger partial charge in [0.15, 0.2) is 0 Å². The summed E-state index contributed by atoms with van der Waals surface area (Å²) in [6.45, 7) is 3.04. The molecular formula is C14H19F2NO2S. The maximum Gasteiger partial charge on any atom is 0.341 e. The van der Waals surface area contributed by atoms with E-state index in [-0.39, 0.29) is 10.3 Å². The minimum absolute atomic E-state index is 0.272. The van der Waals surface area contributed by atoms with Crippen molar-refractivity contribution in [2.75, 3.05) is 11.9 Å². The fraction of sp³-hybridized carbons (Fsp3) is 0.571. The van der Waals surface area contributed by atoms with Gasteiger partial charge in [0, 0.05) is 12.2 Å². The Hall–Kier alpha value is -1.17. The summed E-state index contributed by atoms with van der Waals surface area (Å²) >= 11 is 0. The number of sulfone groups is 1. The van der Waals surface area contributed by atoms with E-state index in [1.165, 1.54) is 49.9 Å². The zero-order chi connectivity index (χ0) is 14.8. The highest BCUT2D eigenvalue weighted by Gasteiger charge is 2.28.